The van der Waals surface area contributed by atoms with Gasteiger partial charge in [0.15, 0.2) is 0 Å². The minimum absolute atomic E-state index is 0.284. The smallest absolute Gasteiger partial charge is 0.137 e. The van der Waals surface area contributed by atoms with Crippen molar-refractivity contribution >= 4 is 10.9 Å². The van der Waals surface area contributed by atoms with Gasteiger partial charge in [0.25, 0.3) is 0 Å². The quantitative estimate of drug-likeness (QED) is 0.754. The third-order valence-corrected chi connectivity index (χ3v) is 6.04. The van der Waals surface area contributed by atoms with Gasteiger partial charge in [-0.3, -0.25) is 5.10 Å². The fourth-order valence-corrected chi connectivity index (χ4v) is 3.91. The Morgan fingerprint density at radius 2 is 2.08 bits per heavy atom. The Morgan fingerprint density at radius 1 is 1.35 bits per heavy atom. The summed E-state index contributed by atoms with van der Waals surface area (Å²) in [4.78, 5) is 2.62. The standard InChI is InChI=1S/C21H32FN3O/c1-5-21(3,4)12-15(2)25-8-6-16(7-9-25)14-26-17-10-19(22)18-13-23-24-20(18)11-17/h10-11,13,15-16H,5-9,12,14H2,1-4H3,(H,23,24). The van der Waals surface area contributed by atoms with Gasteiger partial charge in [0.1, 0.15) is 11.6 Å². The predicted octanol–water partition coefficient (Wildman–Crippen LogP) is 5.01. The summed E-state index contributed by atoms with van der Waals surface area (Å²) in [5.41, 5.74) is 1.09. The number of H-pyrrole nitrogens is 1. The summed E-state index contributed by atoms with van der Waals surface area (Å²) in [6, 6.07) is 3.92. The van der Waals surface area contributed by atoms with Crippen LogP contribution in [-0.2, 0) is 0 Å². The average molecular weight is 362 g/mol. The molecule has 3 rings (SSSR count). The number of likely N-dealkylation sites (tertiary alicyclic amines) is 1. The lowest BCUT2D eigenvalue weighted by Gasteiger charge is -2.39. The van der Waals surface area contributed by atoms with Crippen LogP contribution in [0.5, 0.6) is 5.75 Å². The van der Waals surface area contributed by atoms with Crippen molar-refractivity contribution in [3.63, 3.8) is 0 Å². The lowest BCUT2D eigenvalue weighted by Crippen LogP contribution is -2.42. The summed E-state index contributed by atoms with van der Waals surface area (Å²) in [7, 11) is 0. The van der Waals surface area contributed by atoms with Gasteiger partial charge in [-0.1, -0.05) is 27.2 Å². The van der Waals surface area contributed by atoms with E-state index in [4.69, 9.17) is 4.74 Å². The van der Waals surface area contributed by atoms with Gasteiger partial charge in [0, 0.05) is 18.2 Å². The summed E-state index contributed by atoms with van der Waals surface area (Å²) in [5.74, 6) is 0.839. The van der Waals surface area contributed by atoms with Gasteiger partial charge in [0.2, 0.25) is 0 Å². The number of hydrogen-bond donors (Lipinski definition) is 1. The molecule has 5 heteroatoms. The maximum Gasteiger partial charge on any atom is 0.137 e. The van der Waals surface area contributed by atoms with Crippen LogP contribution >= 0.6 is 0 Å². The average Bonchev–Trinajstić information content (AvgIpc) is 3.09. The summed E-state index contributed by atoms with van der Waals surface area (Å²) >= 11 is 0. The molecule has 0 bridgehead atoms. The molecular formula is C21H32FN3O. The summed E-state index contributed by atoms with van der Waals surface area (Å²) in [5, 5.41) is 7.20. The molecule has 1 aliphatic rings. The first kappa shape index (κ1) is 19.2. The molecule has 1 fully saturated rings. The lowest BCUT2D eigenvalue weighted by atomic mass is 9.82. The largest absolute Gasteiger partial charge is 0.493 e. The number of hydrogen-bond acceptors (Lipinski definition) is 3. The number of nitrogens with zero attached hydrogens (tertiary/aromatic N) is 2. The highest BCUT2D eigenvalue weighted by molar-refractivity contribution is 5.80. The van der Waals surface area contributed by atoms with E-state index in [-0.39, 0.29) is 5.82 Å². The molecule has 1 aromatic heterocycles. The monoisotopic (exact) mass is 361 g/mol. The molecule has 144 valence electrons. The maximum atomic E-state index is 14.0. The number of rotatable bonds is 7. The van der Waals surface area contributed by atoms with Gasteiger partial charge in [-0.15, -0.1) is 0 Å². The Labute approximate surface area is 156 Å². The van der Waals surface area contributed by atoms with Crippen LogP contribution in [0.25, 0.3) is 10.9 Å². The highest BCUT2D eigenvalue weighted by Gasteiger charge is 2.27. The summed E-state index contributed by atoms with van der Waals surface area (Å²) in [6.45, 7) is 12.3. The Balaban J connectivity index is 1.48. The van der Waals surface area contributed by atoms with E-state index >= 15 is 0 Å². The first-order valence-electron chi connectivity index (χ1n) is 9.87. The van der Waals surface area contributed by atoms with Crippen molar-refractivity contribution in [1.29, 1.82) is 0 Å². The van der Waals surface area contributed by atoms with Crippen LogP contribution in [0.1, 0.15) is 53.4 Å². The molecule has 1 aliphatic heterocycles. The molecule has 2 heterocycles. The Hall–Kier alpha value is -1.62. The zero-order valence-corrected chi connectivity index (χ0v) is 16.5. The van der Waals surface area contributed by atoms with Crippen LogP contribution < -0.4 is 4.74 Å². The molecular weight excluding hydrogens is 329 g/mol. The fraction of sp³-hybridized carbons (Fsp3) is 0.667. The fourth-order valence-electron chi connectivity index (χ4n) is 3.91. The van der Waals surface area contributed by atoms with Crippen LogP contribution in [-0.4, -0.2) is 40.8 Å². The molecule has 0 aliphatic carbocycles. The lowest BCUT2D eigenvalue weighted by molar-refractivity contribution is 0.0896. The Bertz CT molecular complexity index is 719. The number of ether oxygens (including phenoxy) is 1. The molecule has 0 radical (unpaired) electrons. The molecule has 0 saturated carbocycles. The number of aromatic amines is 1. The van der Waals surface area contributed by atoms with E-state index in [9.17, 15) is 4.39 Å². The number of fused-ring (bicyclic) bond motifs is 1. The van der Waals surface area contributed by atoms with E-state index in [1.807, 2.05) is 6.07 Å². The molecule has 1 saturated heterocycles. The number of aromatic nitrogens is 2. The first-order valence-corrected chi connectivity index (χ1v) is 9.87. The predicted molar refractivity (Wildman–Crippen MR) is 104 cm³/mol. The van der Waals surface area contributed by atoms with Crippen LogP contribution in [0, 0.1) is 17.2 Å². The Morgan fingerprint density at radius 3 is 2.77 bits per heavy atom. The van der Waals surface area contributed by atoms with Crippen molar-refractivity contribution in [2.24, 2.45) is 11.3 Å². The molecule has 4 nitrogen and oxygen atoms in total. The van der Waals surface area contributed by atoms with Gasteiger partial charge >= 0.3 is 0 Å². The van der Waals surface area contributed by atoms with E-state index in [2.05, 4.69) is 42.8 Å². The van der Waals surface area contributed by atoms with Crippen LogP contribution in [0.4, 0.5) is 4.39 Å². The Kier molecular flexibility index (Phi) is 5.86. The number of benzene rings is 1. The molecule has 2 aromatic rings. The van der Waals surface area contributed by atoms with Crippen molar-refractivity contribution < 1.29 is 9.13 Å². The molecule has 1 N–H and O–H groups in total. The van der Waals surface area contributed by atoms with Crippen molar-refractivity contribution in [2.75, 3.05) is 19.7 Å². The zero-order chi connectivity index (χ0) is 18.7. The van der Waals surface area contributed by atoms with Crippen LogP contribution in [0.3, 0.4) is 0 Å². The van der Waals surface area contributed by atoms with Gasteiger partial charge in [-0.2, -0.15) is 5.10 Å². The third-order valence-electron chi connectivity index (χ3n) is 6.04. The molecule has 1 atom stereocenters. The van der Waals surface area contributed by atoms with E-state index in [0.717, 1.165) is 25.9 Å². The number of piperidine rings is 1. The van der Waals surface area contributed by atoms with E-state index < -0.39 is 0 Å². The molecule has 0 amide bonds. The number of nitrogens with one attached hydrogen (secondary N) is 1. The second-order valence-electron chi connectivity index (χ2n) is 8.60. The normalized spacial score (nSPS) is 18.3. The highest BCUT2D eigenvalue weighted by Crippen LogP contribution is 2.30. The van der Waals surface area contributed by atoms with Gasteiger partial charge < -0.3 is 9.64 Å². The van der Waals surface area contributed by atoms with E-state index in [1.165, 1.54) is 25.1 Å². The first-order chi connectivity index (χ1) is 12.4. The third kappa shape index (κ3) is 4.56. The zero-order valence-electron chi connectivity index (χ0n) is 16.5. The minimum atomic E-state index is -0.284. The van der Waals surface area contributed by atoms with E-state index in [0.29, 0.717) is 40.6 Å². The maximum absolute atomic E-state index is 14.0. The second kappa shape index (κ2) is 7.95. The van der Waals surface area contributed by atoms with Crippen molar-refractivity contribution in [1.82, 2.24) is 15.1 Å². The topological polar surface area (TPSA) is 41.1 Å². The second-order valence-corrected chi connectivity index (χ2v) is 8.60. The SMILES string of the molecule is CCC(C)(C)CC(C)N1CCC(COc2cc(F)c3cn[nH]c3c2)CC1. The van der Waals surface area contributed by atoms with Crippen LogP contribution in [0.2, 0.25) is 0 Å². The molecule has 0 spiro atoms. The highest BCUT2D eigenvalue weighted by atomic mass is 19.1. The summed E-state index contributed by atoms with van der Waals surface area (Å²) in [6.07, 6.45) is 6.26. The van der Waals surface area contributed by atoms with Crippen molar-refractivity contribution in [2.45, 2.75) is 59.4 Å². The molecule has 1 unspecified atom stereocenters. The summed E-state index contributed by atoms with van der Waals surface area (Å²) < 4.78 is 19.9. The van der Waals surface area contributed by atoms with Gasteiger partial charge in [-0.25, -0.2) is 4.39 Å². The van der Waals surface area contributed by atoms with Gasteiger partial charge in [-0.05, 0) is 50.6 Å². The molecule has 1 aromatic carbocycles. The van der Waals surface area contributed by atoms with Crippen molar-refractivity contribution in [3.8, 4) is 5.75 Å². The van der Waals surface area contributed by atoms with Crippen LogP contribution in [0.15, 0.2) is 18.3 Å². The van der Waals surface area contributed by atoms with E-state index in [1.54, 1.807) is 0 Å². The minimum Gasteiger partial charge on any atom is -0.493 e. The molecule has 26 heavy (non-hydrogen) atoms. The van der Waals surface area contributed by atoms with Crippen molar-refractivity contribution in [3.05, 3.63) is 24.1 Å². The number of halogens is 1. The van der Waals surface area contributed by atoms with Gasteiger partial charge in [0.05, 0.1) is 23.7 Å².